The molecule has 0 radical (unpaired) electrons. The normalized spacial score (nSPS) is 12.0. The summed E-state index contributed by atoms with van der Waals surface area (Å²) in [6.07, 6.45) is 0. The van der Waals surface area contributed by atoms with Crippen LogP contribution in [0, 0.1) is 3.57 Å². The number of rotatable bonds is 6. The van der Waals surface area contributed by atoms with Gasteiger partial charge in [-0.2, -0.15) is 0 Å². The zero-order valence-corrected chi connectivity index (χ0v) is 15.8. The lowest BCUT2D eigenvalue weighted by molar-refractivity contribution is 0.287. The van der Waals surface area contributed by atoms with Crippen molar-refractivity contribution >= 4 is 38.5 Å². The Morgan fingerprint density at radius 3 is 2.29 bits per heavy atom. The summed E-state index contributed by atoms with van der Waals surface area (Å²) < 4.78 is 12.5. The van der Waals surface area contributed by atoms with Gasteiger partial charge in [0.15, 0.2) is 11.5 Å². The van der Waals surface area contributed by atoms with E-state index in [4.69, 9.17) is 9.47 Å². The second-order valence-corrected chi connectivity index (χ2v) is 6.65. The minimum atomic E-state index is 0.141. The lowest BCUT2D eigenvalue weighted by Gasteiger charge is -2.16. The summed E-state index contributed by atoms with van der Waals surface area (Å²) in [6, 6.07) is 14.6. The summed E-state index contributed by atoms with van der Waals surface area (Å²) in [7, 11) is 0. The van der Waals surface area contributed by atoms with Gasteiger partial charge in [0, 0.05) is 3.57 Å². The van der Waals surface area contributed by atoms with Crippen molar-refractivity contribution in [2.24, 2.45) is 0 Å². The number of hydrogen-bond acceptors (Lipinski definition) is 2. The molecule has 2 aromatic carbocycles. The van der Waals surface area contributed by atoms with Crippen LogP contribution in [0.1, 0.15) is 29.8 Å². The molecule has 0 aromatic heterocycles. The molecule has 0 saturated carbocycles. The smallest absolute Gasteiger partial charge is 0.161 e. The first-order chi connectivity index (χ1) is 10.2. The largest absolute Gasteiger partial charge is 0.490 e. The highest BCUT2D eigenvalue weighted by molar-refractivity contribution is 14.1. The van der Waals surface area contributed by atoms with E-state index in [9.17, 15) is 0 Å². The van der Waals surface area contributed by atoms with Gasteiger partial charge < -0.3 is 9.47 Å². The predicted octanol–water partition coefficient (Wildman–Crippen LogP) is 5.57. The maximum absolute atomic E-state index is 5.69. The van der Waals surface area contributed by atoms with Crippen LogP contribution >= 0.6 is 38.5 Å². The van der Waals surface area contributed by atoms with Crippen molar-refractivity contribution in [2.75, 3.05) is 13.2 Å². The van der Waals surface area contributed by atoms with Crippen LogP contribution in [-0.2, 0) is 0 Å². The summed E-state index contributed by atoms with van der Waals surface area (Å²) in [5.74, 6) is 1.59. The first kappa shape index (κ1) is 16.6. The predicted molar refractivity (Wildman–Crippen MR) is 98.7 cm³/mol. The van der Waals surface area contributed by atoms with Gasteiger partial charge in [-0.25, -0.2) is 0 Å². The number of halogens is 2. The van der Waals surface area contributed by atoms with Gasteiger partial charge in [0.25, 0.3) is 0 Å². The maximum atomic E-state index is 5.69. The SMILES string of the molecule is CCOc1ccc(C(Br)c2cccc(I)c2)cc1OCC. The van der Waals surface area contributed by atoms with E-state index in [1.54, 1.807) is 0 Å². The molecule has 4 heteroatoms. The monoisotopic (exact) mass is 460 g/mol. The van der Waals surface area contributed by atoms with Crippen molar-refractivity contribution in [1.82, 2.24) is 0 Å². The first-order valence-corrected chi connectivity index (χ1v) is 8.94. The molecule has 2 rings (SSSR count). The third-order valence-corrected chi connectivity index (χ3v) is 4.73. The van der Waals surface area contributed by atoms with Crippen molar-refractivity contribution in [3.63, 3.8) is 0 Å². The van der Waals surface area contributed by atoms with Gasteiger partial charge >= 0.3 is 0 Å². The van der Waals surface area contributed by atoms with Crippen molar-refractivity contribution in [2.45, 2.75) is 18.7 Å². The zero-order chi connectivity index (χ0) is 15.2. The lowest BCUT2D eigenvalue weighted by Crippen LogP contribution is -2.00. The number of ether oxygens (including phenoxy) is 2. The second kappa shape index (κ2) is 8.03. The fourth-order valence-electron chi connectivity index (χ4n) is 2.08. The summed E-state index contributed by atoms with van der Waals surface area (Å²) in [6.45, 7) is 5.21. The minimum absolute atomic E-state index is 0.141. The van der Waals surface area contributed by atoms with Gasteiger partial charge in [-0.15, -0.1) is 0 Å². The summed E-state index contributed by atoms with van der Waals surface area (Å²) >= 11 is 6.11. The van der Waals surface area contributed by atoms with Gasteiger partial charge in [0.05, 0.1) is 18.0 Å². The van der Waals surface area contributed by atoms with E-state index in [1.807, 2.05) is 26.0 Å². The second-order valence-electron chi connectivity index (χ2n) is 4.49. The molecule has 2 aromatic rings. The third-order valence-electron chi connectivity index (χ3n) is 3.00. The fraction of sp³-hybridized carbons (Fsp3) is 0.294. The van der Waals surface area contributed by atoms with E-state index in [0.29, 0.717) is 13.2 Å². The molecule has 112 valence electrons. The molecule has 2 nitrogen and oxygen atoms in total. The molecule has 21 heavy (non-hydrogen) atoms. The molecular weight excluding hydrogens is 443 g/mol. The third kappa shape index (κ3) is 4.36. The van der Waals surface area contributed by atoms with E-state index >= 15 is 0 Å². The number of hydrogen-bond donors (Lipinski definition) is 0. The molecule has 0 N–H and O–H groups in total. The molecule has 1 unspecified atom stereocenters. The molecule has 0 fully saturated rings. The molecule has 1 atom stereocenters. The van der Waals surface area contributed by atoms with E-state index < -0.39 is 0 Å². The average molecular weight is 461 g/mol. The molecule has 0 spiro atoms. The van der Waals surface area contributed by atoms with Gasteiger partial charge in [0.1, 0.15) is 0 Å². The summed E-state index contributed by atoms with van der Waals surface area (Å²) in [4.78, 5) is 0.141. The van der Waals surface area contributed by atoms with Crippen LogP contribution in [0.3, 0.4) is 0 Å². The van der Waals surface area contributed by atoms with Crippen molar-refractivity contribution < 1.29 is 9.47 Å². The molecule has 0 heterocycles. The van der Waals surface area contributed by atoms with Crippen LogP contribution < -0.4 is 9.47 Å². The highest BCUT2D eigenvalue weighted by atomic mass is 127. The quantitative estimate of drug-likeness (QED) is 0.414. The number of benzene rings is 2. The Labute approximate surface area is 148 Å². The highest BCUT2D eigenvalue weighted by Crippen LogP contribution is 2.37. The minimum Gasteiger partial charge on any atom is -0.490 e. The topological polar surface area (TPSA) is 18.5 Å². The van der Waals surface area contributed by atoms with Crippen molar-refractivity contribution in [1.29, 1.82) is 0 Å². The Morgan fingerprint density at radius 1 is 0.952 bits per heavy atom. The van der Waals surface area contributed by atoms with Crippen LogP contribution in [-0.4, -0.2) is 13.2 Å². The fourth-order valence-corrected chi connectivity index (χ4v) is 3.22. The molecule has 0 saturated heterocycles. The molecule has 0 aliphatic heterocycles. The van der Waals surface area contributed by atoms with Gasteiger partial charge in [-0.3, -0.25) is 0 Å². The standard InChI is InChI=1S/C17H18BrIO2/c1-3-20-15-9-8-13(11-16(15)21-4-2)17(18)12-6-5-7-14(19)10-12/h5-11,17H,3-4H2,1-2H3. The van der Waals surface area contributed by atoms with Crippen LogP contribution in [0.5, 0.6) is 11.5 Å². The molecule has 0 bridgehead atoms. The Balaban J connectivity index is 2.32. The van der Waals surface area contributed by atoms with Crippen LogP contribution in [0.4, 0.5) is 0 Å². The van der Waals surface area contributed by atoms with E-state index in [0.717, 1.165) is 17.1 Å². The Morgan fingerprint density at radius 2 is 1.62 bits per heavy atom. The molecule has 0 aliphatic rings. The molecule has 0 aliphatic carbocycles. The summed E-state index contributed by atoms with van der Waals surface area (Å²) in [5.41, 5.74) is 2.39. The molecular formula is C17H18BrIO2. The Hall–Kier alpha value is -0.750. The van der Waals surface area contributed by atoms with Gasteiger partial charge in [-0.1, -0.05) is 34.1 Å². The zero-order valence-electron chi connectivity index (χ0n) is 12.1. The van der Waals surface area contributed by atoms with Gasteiger partial charge in [-0.05, 0) is 71.8 Å². The Kier molecular flexibility index (Phi) is 6.36. The average Bonchev–Trinajstić information content (AvgIpc) is 2.49. The summed E-state index contributed by atoms with van der Waals surface area (Å²) in [5, 5.41) is 0. The van der Waals surface area contributed by atoms with E-state index in [1.165, 1.54) is 9.13 Å². The van der Waals surface area contributed by atoms with Gasteiger partial charge in [0.2, 0.25) is 0 Å². The van der Waals surface area contributed by atoms with Crippen LogP contribution in [0.2, 0.25) is 0 Å². The highest BCUT2D eigenvalue weighted by Gasteiger charge is 2.14. The van der Waals surface area contributed by atoms with E-state index in [-0.39, 0.29) is 4.83 Å². The lowest BCUT2D eigenvalue weighted by atomic mass is 10.0. The molecule has 0 amide bonds. The Bertz CT molecular complexity index is 601. The van der Waals surface area contributed by atoms with E-state index in [2.05, 4.69) is 68.9 Å². The number of alkyl halides is 1. The van der Waals surface area contributed by atoms with Crippen molar-refractivity contribution in [3.8, 4) is 11.5 Å². The van der Waals surface area contributed by atoms with Crippen molar-refractivity contribution in [3.05, 3.63) is 57.2 Å². The van der Waals surface area contributed by atoms with Crippen LogP contribution in [0.15, 0.2) is 42.5 Å². The van der Waals surface area contributed by atoms with Crippen LogP contribution in [0.25, 0.3) is 0 Å². The first-order valence-electron chi connectivity index (χ1n) is 6.94. The maximum Gasteiger partial charge on any atom is 0.161 e.